The minimum Gasteiger partial charge on any atom is -0.480 e. The summed E-state index contributed by atoms with van der Waals surface area (Å²) in [5.74, 6) is -3.44. The van der Waals surface area contributed by atoms with Crippen molar-refractivity contribution in [2.45, 2.75) is 64.7 Å². The van der Waals surface area contributed by atoms with Gasteiger partial charge in [0.1, 0.15) is 12.1 Å². The lowest BCUT2D eigenvalue weighted by Gasteiger charge is -2.36. The highest BCUT2D eigenvalue weighted by Gasteiger charge is 2.70. The third kappa shape index (κ3) is 3.11. The van der Waals surface area contributed by atoms with Crippen LogP contribution < -0.4 is 5.32 Å². The molecule has 1 heterocycles. The number of amides is 2. The molecule has 3 saturated carbocycles. The third-order valence-corrected chi connectivity index (χ3v) is 7.76. The first-order chi connectivity index (χ1) is 13.3. The van der Waals surface area contributed by atoms with E-state index in [1.165, 1.54) is 4.90 Å². The maximum Gasteiger partial charge on any atom is 0.471 e. The number of hydrogen-bond acceptors (Lipinski definition) is 3. The molecule has 0 aromatic heterocycles. The van der Waals surface area contributed by atoms with E-state index in [0.29, 0.717) is 5.92 Å². The van der Waals surface area contributed by atoms with Gasteiger partial charge in [-0.15, -0.1) is 0 Å². The highest BCUT2D eigenvalue weighted by Crippen LogP contribution is 2.73. The zero-order valence-corrected chi connectivity index (χ0v) is 16.8. The molecule has 2 bridgehead atoms. The van der Waals surface area contributed by atoms with Crippen molar-refractivity contribution in [3.63, 3.8) is 0 Å². The number of rotatable bonds is 3. The van der Waals surface area contributed by atoms with Crippen molar-refractivity contribution in [3.05, 3.63) is 0 Å². The van der Waals surface area contributed by atoms with Crippen molar-refractivity contribution in [1.29, 1.82) is 0 Å². The Balaban J connectivity index is 1.61. The molecule has 1 aliphatic heterocycles. The zero-order chi connectivity index (χ0) is 21.5. The molecule has 1 saturated heterocycles. The van der Waals surface area contributed by atoms with Crippen LogP contribution in [0, 0.1) is 34.5 Å². The van der Waals surface area contributed by atoms with Gasteiger partial charge in [0.25, 0.3) is 0 Å². The number of carboxylic acids is 1. The second-order valence-corrected chi connectivity index (χ2v) is 10.5. The van der Waals surface area contributed by atoms with Crippen LogP contribution in [0.5, 0.6) is 0 Å². The molecule has 4 rings (SSSR count). The number of carbonyl (C=O) groups excluding carboxylic acids is 2. The summed E-state index contributed by atoms with van der Waals surface area (Å²) in [7, 11) is 0. The number of halogens is 3. The molecule has 162 valence electrons. The number of nitrogens with zero attached hydrogens (tertiary/aromatic N) is 1. The predicted molar refractivity (Wildman–Crippen MR) is 95.4 cm³/mol. The first-order valence-corrected chi connectivity index (χ1v) is 10.2. The van der Waals surface area contributed by atoms with Crippen molar-refractivity contribution in [3.8, 4) is 0 Å². The van der Waals surface area contributed by atoms with Gasteiger partial charge in [-0.25, -0.2) is 4.79 Å². The summed E-state index contributed by atoms with van der Waals surface area (Å²) in [5.41, 5.74) is -0.776. The number of carbonyl (C=O) groups is 3. The molecule has 0 unspecified atom stereocenters. The number of nitrogens with one attached hydrogen (secondary N) is 1. The minimum absolute atomic E-state index is 0.0789. The molecule has 1 spiro atoms. The van der Waals surface area contributed by atoms with Gasteiger partial charge in [0.15, 0.2) is 0 Å². The fraction of sp³-hybridized carbons (Fsp3) is 0.850. The smallest absolute Gasteiger partial charge is 0.471 e. The largest absolute Gasteiger partial charge is 0.480 e. The van der Waals surface area contributed by atoms with Crippen molar-refractivity contribution in [2.24, 2.45) is 34.5 Å². The van der Waals surface area contributed by atoms with Gasteiger partial charge < -0.3 is 15.3 Å². The minimum atomic E-state index is -5.12. The Morgan fingerprint density at radius 1 is 1.17 bits per heavy atom. The average molecular weight is 416 g/mol. The number of hydrogen-bond donors (Lipinski definition) is 2. The Labute approximate surface area is 167 Å². The van der Waals surface area contributed by atoms with E-state index < -0.39 is 41.5 Å². The lowest BCUT2D eigenvalue weighted by molar-refractivity contribution is -0.176. The molecular formula is C20H27F3N2O4. The van der Waals surface area contributed by atoms with Crippen molar-refractivity contribution in [1.82, 2.24) is 10.2 Å². The van der Waals surface area contributed by atoms with Crippen LogP contribution in [0.15, 0.2) is 0 Å². The van der Waals surface area contributed by atoms with Gasteiger partial charge in [0.2, 0.25) is 5.91 Å². The molecule has 9 heteroatoms. The summed E-state index contributed by atoms with van der Waals surface area (Å²) < 4.78 is 38.4. The Morgan fingerprint density at radius 2 is 1.79 bits per heavy atom. The molecule has 0 radical (unpaired) electrons. The van der Waals surface area contributed by atoms with Crippen LogP contribution in [0.3, 0.4) is 0 Å². The Hall–Kier alpha value is -1.80. The highest BCUT2D eigenvalue weighted by molar-refractivity contribution is 5.93. The summed E-state index contributed by atoms with van der Waals surface area (Å²) in [5, 5.41) is 11.8. The van der Waals surface area contributed by atoms with Crippen molar-refractivity contribution >= 4 is 17.8 Å². The number of alkyl halides is 3. The molecule has 6 nitrogen and oxygen atoms in total. The molecule has 29 heavy (non-hydrogen) atoms. The van der Waals surface area contributed by atoms with E-state index >= 15 is 0 Å². The number of likely N-dealkylation sites (tertiary alicyclic amines) is 1. The Bertz CT molecular complexity index is 756. The van der Waals surface area contributed by atoms with Crippen molar-refractivity contribution < 1.29 is 32.7 Å². The van der Waals surface area contributed by atoms with Gasteiger partial charge >= 0.3 is 18.1 Å². The van der Waals surface area contributed by atoms with E-state index in [2.05, 4.69) is 0 Å². The van der Waals surface area contributed by atoms with E-state index in [4.69, 9.17) is 0 Å². The van der Waals surface area contributed by atoms with Gasteiger partial charge in [-0.1, -0.05) is 20.8 Å². The van der Waals surface area contributed by atoms with Gasteiger partial charge in [-0.2, -0.15) is 13.2 Å². The Kier molecular flexibility index (Phi) is 4.31. The van der Waals surface area contributed by atoms with Crippen LogP contribution >= 0.6 is 0 Å². The van der Waals surface area contributed by atoms with Crippen molar-refractivity contribution in [2.75, 3.05) is 6.54 Å². The second kappa shape index (κ2) is 6.11. The molecule has 0 aromatic rings. The van der Waals surface area contributed by atoms with E-state index in [-0.39, 0.29) is 29.7 Å². The summed E-state index contributed by atoms with van der Waals surface area (Å²) in [6, 6.07) is -2.49. The first kappa shape index (κ1) is 20.5. The Morgan fingerprint density at radius 3 is 2.28 bits per heavy atom. The fourth-order valence-electron chi connectivity index (χ4n) is 6.40. The van der Waals surface area contributed by atoms with Gasteiger partial charge in [0.05, 0.1) is 0 Å². The quantitative estimate of drug-likeness (QED) is 0.740. The maximum atomic E-state index is 13.3. The zero-order valence-electron chi connectivity index (χ0n) is 16.8. The molecular weight excluding hydrogens is 389 g/mol. The van der Waals surface area contributed by atoms with E-state index in [1.807, 2.05) is 5.32 Å². The molecule has 4 aliphatic rings. The molecule has 2 amide bonds. The monoisotopic (exact) mass is 416 g/mol. The summed E-state index contributed by atoms with van der Waals surface area (Å²) in [6.07, 6.45) is -0.849. The predicted octanol–water partition coefficient (Wildman–Crippen LogP) is 2.43. The topological polar surface area (TPSA) is 86.7 Å². The fourth-order valence-corrected chi connectivity index (χ4v) is 6.40. The van der Waals surface area contributed by atoms with Crippen LogP contribution in [0.2, 0.25) is 0 Å². The van der Waals surface area contributed by atoms with Crippen LogP contribution in [-0.2, 0) is 14.4 Å². The van der Waals surface area contributed by atoms with E-state index in [0.717, 1.165) is 25.7 Å². The number of aliphatic carboxylic acids is 1. The molecule has 0 aromatic carbocycles. The van der Waals surface area contributed by atoms with Crippen LogP contribution in [0.25, 0.3) is 0 Å². The molecule has 6 atom stereocenters. The van der Waals surface area contributed by atoms with Crippen LogP contribution in [0.1, 0.15) is 46.5 Å². The number of carboxylic acid groups (broad SMARTS) is 1. The van der Waals surface area contributed by atoms with Gasteiger partial charge in [-0.05, 0) is 60.2 Å². The highest BCUT2D eigenvalue weighted by atomic mass is 19.4. The summed E-state index contributed by atoms with van der Waals surface area (Å²) in [4.78, 5) is 38.2. The van der Waals surface area contributed by atoms with Gasteiger partial charge in [-0.3, -0.25) is 9.59 Å². The molecule has 4 fully saturated rings. The SMILES string of the molecule is CC(C)(C)[C@H](NC(=O)C(F)(F)F)C(=O)N1C[C@@H]2[C@H]3C[C@@H]([C@@H]2[C@H]1C(=O)O)C1(CC1)C3. The van der Waals surface area contributed by atoms with E-state index in [1.54, 1.807) is 20.8 Å². The molecule has 3 aliphatic carbocycles. The molecule has 2 N–H and O–H groups in total. The lowest BCUT2D eigenvalue weighted by atomic mass is 9.71. The third-order valence-electron chi connectivity index (χ3n) is 7.76. The van der Waals surface area contributed by atoms with Crippen LogP contribution in [-0.4, -0.2) is 52.6 Å². The average Bonchev–Trinajstić information content (AvgIpc) is 2.94. The normalized spacial score (nSPS) is 35.5. The second-order valence-electron chi connectivity index (χ2n) is 10.5. The first-order valence-electron chi connectivity index (χ1n) is 10.2. The van der Waals surface area contributed by atoms with Crippen LogP contribution in [0.4, 0.5) is 13.2 Å². The maximum absolute atomic E-state index is 13.3. The summed E-state index contributed by atoms with van der Waals surface area (Å²) in [6.45, 7) is 4.91. The van der Waals surface area contributed by atoms with E-state index in [9.17, 15) is 32.7 Å². The van der Waals surface area contributed by atoms with Gasteiger partial charge in [0, 0.05) is 6.54 Å². The standard InChI is InChI=1S/C20H27F3N2O4/c1-18(2,3)14(24-17(29)20(21,22)23)15(26)25-8-10-9-6-11(19(7-9)4-5-19)12(10)13(25)16(27)28/h9-14H,4-8H2,1-3H3,(H,24,29)(H,27,28)/t9-,10+,11-,12+,13-,14+/m0/s1. The lowest BCUT2D eigenvalue weighted by Crippen LogP contribution is -2.59. The number of fused-ring (bicyclic) bond motifs is 6. The summed E-state index contributed by atoms with van der Waals surface area (Å²) >= 11 is 0.